The second-order valence-electron chi connectivity index (χ2n) is 7.33. The number of carbonyl (C=O) groups is 1. The maximum absolute atomic E-state index is 12.7. The van der Waals surface area contributed by atoms with Crippen molar-refractivity contribution in [3.8, 4) is 5.82 Å². The molecular weight excluding hydrogens is 420 g/mol. The molecule has 10 heteroatoms. The van der Waals surface area contributed by atoms with Crippen molar-refractivity contribution in [2.24, 2.45) is 0 Å². The highest BCUT2D eigenvalue weighted by molar-refractivity contribution is 6.30. The van der Waals surface area contributed by atoms with E-state index in [0.717, 1.165) is 18.6 Å². The number of nitrogens with one attached hydrogen (secondary N) is 2. The lowest BCUT2D eigenvalue weighted by molar-refractivity contribution is 0.0911. The molecule has 0 radical (unpaired) electrons. The molecule has 1 aliphatic heterocycles. The zero-order valence-electron chi connectivity index (χ0n) is 17.0. The highest BCUT2D eigenvalue weighted by atomic mass is 35.5. The van der Waals surface area contributed by atoms with E-state index < -0.39 is 11.9 Å². The molecule has 4 rings (SSSR count). The number of aryl methyl sites for hydroxylation is 1. The van der Waals surface area contributed by atoms with Gasteiger partial charge in [0.15, 0.2) is 0 Å². The minimum Gasteiger partial charge on any atom is -0.394 e. The number of anilines is 1. The van der Waals surface area contributed by atoms with Crippen LogP contribution in [0.1, 0.15) is 34.1 Å². The van der Waals surface area contributed by atoms with Gasteiger partial charge in [-0.2, -0.15) is 4.98 Å². The molecule has 3 N–H and O–H groups in total. The predicted octanol–water partition coefficient (Wildman–Crippen LogP) is 2.29. The van der Waals surface area contributed by atoms with Crippen LogP contribution in [-0.2, 0) is 4.74 Å². The quantitative estimate of drug-likeness (QED) is 0.514. The van der Waals surface area contributed by atoms with Gasteiger partial charge in [0, 0.05) is 29.6 Å². The third-order valence-electron chi connectivity index (χ3n) is 5.01. The van der Waals surface area contributed by atoms with E-state index in [1.165, 1.54) is 6.33 Å². The van der Waals surface area contributed by atoms with Crippen molar-refractivity contribution in [3.05, 3.63) is 64.8 Å². The largest absolute Gasteiger partial charge is 0.394 e. The van der Waals surface area contributed by atoms with Crippen LogP contribution in [0.3, 0.4) is 0 Å². The minimum atomic E-state index is -0.596. The molecule has 1 saturated heterocycles. The Kier molecular flexibility index (Phi) is 6.45. The fraction of sp³-hybridized carbons (Fsp3) is 0.333. The van der Waals surface area contributed by atoms with E-state index in [2.05, 4.69) is 25.6 Å². The van der Waals surface area contributed by atoms with Crippen molar-refractivity contribution in [2.75, 3.05) is 25.1 Å². The average molecular weight is 443 g/mol. The highest BCUT2D eigenvalue weighted by Gasteiger charge is 2.19. The zero-order chi connectivity index (χ0) is 21.8. The first kappa shape index (κ1) is 21.2. The molecule has 1 aromatic carbocycles. The molecule has 3 heterocycles. The van der Waals surface area contributed by atoms with Crippen LogP contribution < -0.4 is 10.6 Å². The van der Waals surface area contributed by atoms with Gasteiger partial charge in [-0.15, -0.1) is 0 Å². The van der Waals surface area contributed by atoms with E-state index in [-0.39, 0.29) is 18.3 Å². The SMILES string of the molecule is Cc1cnc(N[C@H]2CCOC2)nc1-n1cnc(C(=O)N[C@H](CO)c2cccc(Cl)c2)c1. The lowest BCUT2D eigenvalue weighted by Crippen LogP contribution is -2.31. The summed E-state index contributed by atoms with van der Waals surface area (Å²) in [6.45, 7) is 2.97. The van der Waals surface area contributed by atoms with Gasteiger partial charge in [-0.25, -0.2) is 9.97 Å². The Balaban J connectivity index is 1.50. The monoisotopic (exact) mass is 442 g/mol. The number of aliphatic hydroxyl groups is 1. The Labute approximate surface area is 184 Å². The molecule has 0 aliphatic carbocycles. The van der Waals surface area contributed by atoms with Crippen LogP contribution in [0, 0.1) is 6.92 Å². The molecule has 9 nitrogen and oxygen atoms in total. The summed E-state index contributed by atoms with van der Waals surface area (Å²) in [7, 11) is 0. The summed E-state index contributed by atoms with van der Waals surface area (Å²) < 4.78 is 7.05. The molecule has 3 aromatic rings. The number of carbonyl (C=O) groups excluding carboxylic acids is 1. The number of amides is 1. The number of hydrogen-bond donors (Lipinski definition) is 3. The van der Waals surface area contributed by atoms with Crippen LogP contribution in [0.2, 0.25) is 5.02 Å². The fourth-order valence-corrected chi connectivity index (χ4v) is 3.54. The summed E-state index contributed by atoms with van der Waals surface area (Å²) in [4.78, 5) is 25.8. The van der Waals surface area contributed by atoms with E-state index in [4.69, 9.17) is 16.3 Å². The second kappa shape index (κ2) is 9.42. The van der Waals surface area contributed by atoms with Gasteiger partial charge in [0.05, 0.1) is 25.3 Å². The first-order valence-corrected chi connectivity index (χ1v) is 10.3. The standard InChI is InChI=1S/C21H23ClN6O3/c1-13-8-23-21(25-16-5-6-31-11-16)27-19(13)28-9-17(24-12-28)20(30)26-18(10-29)14-3-2-4-15(22)7-14/h2-4,7-9,12,16,18,29H,5-6,10-11H2,1H3,(H,26,30)(H,23,25,27)/t16-,18+/m0/s1. The summed E-state index contributed by atoms with van der Waals surface area (Å²) in [6.07, 6.45) is 5.75. The topological polar surface area (TPSA) is 114 Å². The molecule has 0 bridgehead atoms. The molecule has 0 unspecified atom stereocenters. The summed E-state index contributed by atoms with van der Waals surface area (Å²) in [6, 6.07) is 6.58. The normalized spacial score (nSPS) is 16.8. The van der Waals surface area contributed by atoms with Crippen molar-refractivity contribution in [1.29, 1.82) is 0 Å². The maximum Gasteiger partial charge on any atom is 0.272 e. The summed E-state index contributed by atoms with van der Waals surface area (Å²) in [5, 5.41) is 16.3. The molecule has 2 aromatic heterocycles. The van der Waals surface area contributed by atoms with Crippen LogP contribution >= 0.6 is 11.6 Å². The summed E-state index contributed by atoms with van der Waals surface area (Å²) in [5.41, 5.74) is 1.75. The Morgan fingerprint density at radius 1 is 1.42 bits per heavy atom. The lowest BCUT2D eigenvalue weighted by atomic mass is 10.1. The number of imidazole rings is 1. The Morgan fingerprint density at radius 2 is 2.29 bits per heavy atom. The van der Waals surface area contributed by atoms with Crippen LogP contribution in [0.15, 0.2) is 43.0 Å². The van der Waals surface area contributed by atoms with E-state index in [1.807, 2.05) is 6.92 Å². The third-order valence-corrected chi connectivity index (χ3v) is 5.24. The molecule has 0 saturated carbocycles. The van der Waals surface area contributed by atoms with E-state index in [0.29, 0.717) is 29.0 Å². The van der Waals surface area contributed by atoms with Crippen molar-refractivity contribution >= 4 is 23.5 Å². The van der Waals surface area contributed by atoms with Crippen molar-refractivity contribution < 1.29 is 14.6 Å². The van der Waals surface area contributed by atoms with Crippen LogP contribution in [-0.4, -0.2) is 56.4 Å². The Bertz CT molecular complexity index is 1070. The lowest BCUT2D eigenvalue weighted by Gasteiger charge is -2.16. The van der Waals surface area contributed by atoms with Crippen molar-refractivity contribution in [2.45, 2.75) is 25.4 Å². The number of nitrogens with zero attached hydrogens (tertiary/aromatic N) is 4. The number of aromatic nitrogens is 4. The molecule has 31 heavy (non-hydrogen) atoms. The Hall–Kier alpha value is -3.01. The molecule has 1 fully saturated rings. The summed E-state index contributed by atoms with van der Waals surface area (Å²) >= 11 is 6.02. The van der Waals surface area contributed by atoms with Gasteiger partial charge in [-0.1, -0.05) is 23.7 Å². The minimum absolute atomic E-state index is 0.182. The number of ether oxygens (including phenoxy) is 1. The molecular formula is C21H23ClN6O3. The third kappa shape index (κ3) is 5.01. The average Bonchev–Trinajstić information content (AvgIpc) is 3.45. The number of halogens is 1. The molecule has 2 atom stereocenters. The zero-order valence-corrected chi connectivity index (χ0v) is 17.7. The number of benzene rings is 1. The molecule has 1 amide bonds. The van der Waals surface area contributed by atoms with E-state index >= 15 is 0 Å². The van der Waals surface area contributed by atoms with Crippen molar-refractivity contribution in [3.63, 3.8) is 0 Å². The van der Waals surface area contributed by atoms with E-state index in [1.54, 1.807) is 41.2 Å². The van der Waals surface area contributed by atoms with Gasteiger partial charge in [-0.3, -0.25) is 9.36 Å². The second-order valence-corrected chi connectivity index (χ2v) is 7.77. The van der Waals surface area contributed by atoms with Gasteiger partial charge in [-0.05, 0) is 31.0 Å². The van der Waals surface area contributed by atoms with Crippen molar-refractivity contribution in [1.82, 2.24) is 24.8 Å². The number of hydrogen-bond acceptors (Lipinski definition) is 7. The van der Waals surface area contributed by atoms with E-state index in [9.17, 15) is 9.90 Å². The molecule has 162 valence electrons. The van der Waals surface area contributed by atoms with Crippen LogP contribution in [0.25, 0.3) is 5.82 Å². The van der Waals surface area contributed by atoms with Gasteiger partial charge in [0.2, 0.25) is 5.95 Å². The summed E-state index contributed by atoms with van der Waals surface area (Å²) in [5.74, 6) is 0.708. The van der Waals surface area contributed by atoms with Gasteiger partial charge in [0.1, 0.15) is 17.8 Å². The number of rotatable bonds is 7. The molecule has 0 spiro atoms. The number of aliphatic hydroxyl groups excluding tert-OH is 1. The van der Waals surface area contributed by atoms with Gasteiger partial charge in [0.25, 0.3) is 5.91 Å². The van der Waals surface area contributed by atoms with Crippen LogP contribution in [0.5, 0.6) is 0 Å². The first-order chi connectivity index (χ1) is 15.0. The fourth-order valence-electron chi connectivity index (χ4n) is 3.34. The van der Waals surface area contributed by atoms with Gasteiger partial charge < -0.3 is 20.5 Å². The first-order valence-electron chi connectivity index (χ1n) is 9.93. The van der Waals surface area contributed by atoms with Crippen LogP contribution in [0.4, 0.5) is 5.95 Å². The maximum atomic E-state index is 12.7. The predicted molar refractivity (Wildman–Crippen MR) is 115 cm³/mol. The smallest absolute Gasteiger partial charge is 0.272 e. The molecule has 1 aliphatic rings. The Morgan fingerprint density at radius 3 is 3.03 bits per heavy atom. The van der Waals surface area contributed by atoms with Gasteiger partial charge >= 0.3 is 0 Å². The highest BCUT2D eigenvalue weighted by Crippen LogP contribution is 2.19.